The fourth-order valence-electron chi connectivity index (χ4n) is 8.40. The Morgan fingerprint density at radius 3 is 1.80 bits per heavy atom. The van der Waals surface area contributed by atoms with Gasteiger partial charge >= 0.3 is 0 Å². The van der Waals surface area contributed by atoms with Crippen LogP contribution in [0.4, 0.5) is 17.1 Å². The van der Waals surface area contributed by atoms with Crippen LogP contribution in [0.2, 0.25) is 0 Å². The van der Waals surface area contributed by atoms with E-state index in [9.17, 15) is 5.26 Å². The second kappa shape index (κ2) is 8.34. The van der Waals surface area contributed by atoms with Crippen LogP contribution in [-0.4, -0.2) is 0 Å². The molecule has 0 N–H and O–H groups in total. The lowest BCUT2D eigenvalue weighted by Gasteiger charge is -2.31. The molecule has 44 heavy (non-hydrogen) atoms. The molecule has 0 aliphatic heterocycles. The smallest absolute Gasteiger partial charge is 0.0991 e. The molecule has 0 bridgehead atoms. The summed E-state index contributed by atoms with van der Waals surface area (Å²) in [7, 11) is 0. The van der Waals surface area contributed by atoms with Crippen molar-refractivity contribution in [3.8, 4) is 39.4 Å². The molecule has 1 unspecified atom stereocenters. The predicted molar refractivity (Wildman–Crippen MR) is 179 cm³/mol. The monoisotopic (exact) mass is 556 g/mol. The number of rotatable bonds is 3. The molecule has 10 rings (SSSR count). The maximum Gasteiger partial charge on any atom is 0.0991 e. The van der Waals surface area contributed by atoms with Gasteiger partial charge in [-0.3, -0.25) is 0 Å². The van der Waals surface area contributed by atoms with Gasteiger partial charge in [-0.05, 0) is 103 Å². The molecule has 1 spiro atoms. The average Bonchev–Trinajstić information content (AvgIpc) is 3.68. The van der Waals surface area contributed by atoms with Crippen molar-refractivity contribution < 1.29 is 0 Å². The number of nitrogens with zero attached hydrogens (tertiary/aromatic N) is 2. The second-order valence-electron chi connectivity index (χ2n) is 12.0. The number of hydrogen-bond donors (Lipinski definition) is 0. The van der Waals surface area contributed by atoms with Crippen LogP contribution in [0, 0.1) is 11.3 Å². The minimum absolute atomic E-state index is 0.338. The lowest BCUT2D eigenvalue weighted by molar-refractivity contribution is 0.818. The van der Waals surface area contributed by atoms with Crippen LogP contribution in [0.3, 0.4) is 0 Å². The van der Waals surface area contributed by atoms with E-state index in [1.54, 1.807) is 0 Å². The highest BCUT2D eigenvalue weighted by molar-refractivity contribution is 6.07. The minimum Gasteiger partial charge on any atom is -0.310 e. The van der Waals surface area contributed by atoms with E-state index < -0.39 is 0 Å². The predicted octanol–water partition coefficient (Wildman–Crippen LogP) is 10.5. The summed E-state index contributed by atoms with van der Waals surface area (Å²) in [6.45, 7) is 0. The van der Waals surface area contributed by atoms with Crippen LogP contribution in [0.15, 0.2) is 146 Å². The molecule has 3 aliphatic rings. The summed E-state index contributed by atoms with van der Waals surface area (Å²) < 4.78 is 0. The van der Waals surface area contributed by atoms with Gasteiger partial charge in [0.05, 0.1) is 22.7 Å². The van der Waals surface area contributed by atoms with Gasteiger partial charge in [0.15, 0.2) is 0 Å². The van der Waals surface area contributed by atoms with Gasteiger partial charge in [-0.15, -0.1) is 0 Å². The largest absolute Gasteiger partial charge is 0.310 e. The highest BCUT2D eigenvalue weighted by Gasteiger charge is 2.57. The highest BCUT2D eigenvalue weighted by Crippen LogP contribution is 2.70. The van der Waals surface area contributed by atoms with Crippen molar-refractivity contribution in [2.24, 2.45) is 0 Å². The number of hydrogen-bond acceptors (Lipinski definition) is 2. The number of anilines is 3. The molecule has 7 aromatic rings. The summed E-state index contributed by atoms with van der Waals surface area (Å²) in [6.07, 6.45) is 0. The second-order valence-corrected chi connectivity index (χ2v) is 12.0. The van der Waals surface area contributed by atoms with Crippen molar-refractivity contribution >= 4 is 27.8 Å². The summed E-state index contributed by atoms with van der Waals surface area (Å²) in [5.74, 6) is 0. The standard InChI is InChI=1S/C42H24N2/c43-25-26-18-20-28(21-19-26)44(39-17-5-9-27-8-1-2-10-30(27)39)29-22-23-32-34-13-7-15-36-35-14-6-12-33-31-11-3-4-16-37(31)42(40(33)35,41(34)36)38(32)24-29/h1-24H. The van der Waals surface area contributed by atoms with Crippen LogP contribution in [0.5, 0.6) is 0 Å². The van der Waals surface area contributed by atoms with Crippen molar-refractivity contribution in [3.05, 3.63) is 173 Å². The summed E-state index contributed by atoms with van der Waals surface area (Å²) in [5.41, 5.74) is 17.1. The van der Waals surface area contributed by atoms with E-state index in [4.69, 9.17) is 0 Å². The topological polar surface area (TPSA) is 27.0 Å². The van der Waals surface area contributed by atoms with Crippen molar-refractivity contribution in [2.75, 3.05) is 4.90 Å². The van der Waals surface area contributed by atoms with E-state index in [-0.39, 0.29) is 5.41 Å². The number of benzene rings is 7. The van der Waals surface area contributed by atoms with Gasteiger partial charge in [0, 0.05) is 16.8 Å². The molecule has 0 fully saturated rings. The van der Waals surface area contributed by atoms with E-state index in [0.29, 0.717) is 5.56 Å². The quantitative estimate of drug-likeness (QED) is 0.216. The van der Waals surface area contributed by atoms with Gasteiger partial charge in [0.25, 0.3) is 0 Å². The molecule has 0 saturated heterocycles. The van der Waals surface area contributed by atoms with Crippen LogP contribution in [0.25, 0.3) is 44.2 Å². The average molecular weight is 557 g/mol. The summed E-state index contributed by atoms with van der Waals surface area (Å²) >= 11 is 0. The third kappa shape index (κ3) is 2.75. The number of fused-ring (bicyclic) bond motifs is 6. The van der Waals surface area contributed by atoms with Crippen LogP contribution in [-0.2, 0) is 5.41 Å². The fraction of sp³-hybridized carbons (Fsp3) is 0.0238. The minimum atomic E-state index is -0.338. The molecule has 0 amide bonds. The Bertz CT molecular complexity index is 2370. The molecule has 0 saturated carbocycles. The zero-order valence-electron chi connectivity index (χ0n) is 23.8. The maximum atomic E-state index is 9.55. The van der Waals surface area contributed by atoms with Crippen molar-refractivity contribution in [3.63, 3.8) is 0 Å². The Morgan fingerprint density at radius 2 is 1.05 bits per heavy atom. The summed E-state index contributed by atoms with van der Waals surface area (Å²) in [6, 6.07) is 55.0. The molecule has 0 radical (unpaired) electrons. The lowest BCUT2D eigenvalue weighted by atomic mass is 9.73. The first kappa shape index (κ1) is 23.6. The molecule has 7 aromatic carbocycles. The van der Waals surface area contributed by atoms with Gasteiger partial charge in [-0.25, -0.2) is 0 Å². The summed E-state index contributed by atoms with van der Waals surface area (Å²) in [5, 5.41) is 11.9. The zero-order chi connectivity index (χ0) is 29.0. The first-order valence-electron chi connectivity index (χ1n) is 15.1. The molecular formula is C42H24N2. The van der Waals surface area contributed by atoms with Gasteiger partial charge in [-0.1, -0.05) is 103 Å². The maximum absolute atomic E-state index is 9.55. The van der Waals surface area contributed by atoms with E-state index in [2.05, 4.69) is 144 Å². The molecule has 202 valence electrons. The molecule has 2 heteroatoms. The van der Waals surface area contributed by atoms with E-state index >= 15 is 0 Å². The summed E-state index contributed by atoms with van der Waals surface area (Å²) in [4.78, 5) is 2.35. The molecule has 3 aliphatic carbocycles. The first-order chi connectivity index (χ1) is 21.8. The molecular weight excluding hydrogens is 532 g/mol. The normalized spacial score (nSPS) is 15.8. The SMILES string of the molecule is N#Cc1ccc(N(c2ccc3c(c2)C24c5ccccc5-c5cccc(c52)-c2cccc-3c24)c2cccc3ccccc23)cc1. The van der Waals surface area contributed by atoms with Crippen molar-refractivity contribution in [1.29, 1.82) is 5.26 Å². The molecule has 1 atom stereocenters. The van der Waals surface area contributed by atoms with Gasteiger partial charge in [0.1, 0.15) is 0 Å². The van der Waals surface area contributed by atoms with Gasteiger partial charge < -0.3 is 4.90 Å². The molecule has 2 nitrogen and oxygen atoms in total. The third-order valence-corrected chi connectivity index (χ3v) is 10.0. The Morgan fingerprint density at radius 1 is 0.477 bits per heavy atom. The van der Waals surface area contributed by atoms with Crippen molar-refractivity contribution in [2.45, 2.75) is 5.41 Å². The Labute approximate surface area is 255 Å². The Balaban J connectivity index is 1.29. The fourth-order valence-corrected chi connectivity index (χ4v) is 8.40. The van der Waals surface area contributed by atoms with Crippen LogP contribution in [0.1, 0.15) is 27.8 Å². The zero-order valence-corrected chi connectivity index (χ0v) is 23.8. The van der Waals surface area contributed by atoms with Gasteiger partial charge in [0.2, 0.25) is 0 Å². The highest BCUT2D eigenvalue weighted by atomic mass is 15.1. The van der Waals surface area contributed by atoms with E-state index in [0.717, 1.165) is 17.1 Å². The van der Waals surface area contributed by atoms with E-state index in [1.807, 2.05) is 12.1 Å². The van der Waals surface area contributed by atoms with E-state index in [1.165, 1.54) is 66.4 Å². The Hall–Kier alpha value is -5.91. The van der Waals surface area contributed by atoms with Crippen LogP contribution >= 0.6 is 0 Å². The third-order valence-electron chi connectivity index (χ3n) is 10.0. The Kier molecular flexibility index (Phi) is 4.48. The van der Waals surface area contributed by atoms with Gasteiger partial charge in [-0.2, -0.15) is 5.26 Å². The lowest BCUT2D eigenvalue weighted by Crippen LogP contribution is -2.23. The van der Waals surface area contributed by atoms with Crippen LogP contribution < -0.4 is 4.90 Å². The number of nitriles is 1. The first-order valence-corrected chi connectivity index (χ1v) is 15.1. The molecule has 0 heterocycles. The van der Waals surface area contributed by atoms with Crippen molar-refractivity contribution in [1.82, 2.24) is 0 Å². The molecule has 0 aromatic heterocycles.